The smallest absolute Gasteiger partial charge is 0.444 e. The zero-order valence-corrected chi connectivity index (χ0v) is 45.4. The molecule has 0 unspecified atom stereocenters. The minimum atomic E-state index is -0.785. The molecule has 18 heteroatoms. The van der Waals surface area contributed by atoms with Crippen molar-refractivity contribution in [2.75, 3.05) is 14.1 Å². The van der Waals surface area contributed by atoms with Crippen LogP contribution in [0.1, 0.15) is 142 Å². The summed E-state index contributed by atoms with van der Waals surface area (Å²) in [5, 5.41) is 5.50. The summed E-state index contributed by atoms with van der Waals surface area (Å²) < 4.78 is 24.6. The quantitative estimate of drug-likeness (QED) is 0.146. The third-order valence-electron chi connectivity index (χ3n) is 12.5. The van der Waals surface area contributed by atoms with Crippen LogP contribution in [0, 0.1) is 13.8 Å². The fourth-order valence-corrected chi connectivity index (χ4v) is 9.12. The maximum atomic E-state index is 13.2. The van der Waals surface area contributed by atoms with Gasteiger partial charge < -0.3 is 39.2 Å². The van der Waals surface area contributed by atoms with Crippen molar-refractivity contribution >= 4 is 74.5 Å². The number of hydrogen-bond donors (Lipinski definition) is 2. The molecule has 68 heavy (non-hydrogen) atoms. The van der Waals surface area contributed by atoms with Crippen LogP contribution in [0.25, 0.3) is 10.4 Å². The van der Waals surface area contributed by atoms with Gasteiger partial charge in [-0.25, -0.2) is 14.6 Å². The van der Waals surface area contributed by atoms with Gasteiger partial charge in [0.25, 0.3) is 0 Å². The van der Waals surface area contributed by atoms with E-state index in [1.165, 1.54) is 0 Å². The molecular formula is C50H70BBrN6O8S2. The normalized spacial score (nSPS) is 17.4. The molecule has 1 aliphatic heterocycles. The number of likely N-dealkylation sites (N-methyl/N-ethyl adjacent to an activating group) is 2. The highest BCUT2D eigenvalue weighted by molar-refractivity contribution is 9.10. The van der Waals surface area contributed by atoms with Crippen LogP contribution in [0.15, 0.2) is 64.0 Å². The second-order valence-electron chi connectivity index (χ2n) is 20.6. The maximum Gasteiger partial charge on any atom is 0.507 e. The second kappa shape index (κ2) is 22.6. The fourth-order valence-electron chi connectivity index (χ4n) is 7.29. The van der Waals surface area contributed by atoms with Crippen molar-refractivity contribution in [3.05, 3.63) is 86.5 Å². The molecule has 0 radical (unpaired) electrons. The number of nitrogens with zero attached hydrogens (tertiary/aromatic N) is 4. The van der Waals surface area contributed by atoms with E-state index in [0.717, 1.165) is 80.7 Å². The highest BCUT2D eigenvalue weighted by atomic mass is 79.9. The van der Waals surface area contributed by atoms with Crippen molar-refractivity contribution in [3.63, 3.8) is 0 Å². The van der Waals surface area contributed by atoms with E-state index in [-0.39, 0.29) is 42.2 Å². The number of carbonyl (C=O) groups is 4. The van der Waals surface area contributed by atoms with Crippen LogP contribution in [0.4, 0.5) is 9.59 Å². The molecule has 14 nitrogen and oxygen atoms in total. The summed E-state index contributed by atoms with van der Waals surface area (Å²) in [7, 11) is 3.35. The molecule has 1 saturated heterocycles. The minimum Gasteiger partial charge on any atom is -0.444 e. The van der Waals surface area contributed by atoms with E-state index in [4.69, 9.17) is 18.8 Å². The number of ether oxygens (including phenoxy) is 2. The van der Waals surface area contributed by atoms with Gasteiger partial charge in [0.1, 0.15) is 23.3 Å². The zero-order chi connectivity index (χ0) is 50.4. The van der Waals surface area contributed by atoms with Crippen molar-refractivity contribution < 1.29 is 38.0 Å². The molecule has 2 aromatic heterocycles. The predicted octanol–water partition coefficient (Wildman–Crippen LogP) is 10.5. The summed E-state index contributed by atoms with van der Waals surface area (Å²) >= 11 is 6.56. The Morgan fingerprint density at radius 3 is 1.43 bits per heavy atom. The molecule has 4 amide bonds. The first-order valence-corrected chi connectivity index (χ1v) is 25.8. The largest absolute Gasteiger partial charge is 0.507 e. The number of halogens is 1. The third kappa shape index (κ3) is 14.6. The molecule has 3 fully saturated rings. The topological polar surface area (TPSA) is 162 Å². The van der Waals surface area contributed by atoms with Crippen molar-refractivity contribution in [2.24, 2.45) is 0 Å². The van der Waals surface area contributed by atoms with Gasteiger partial charge in [0.2, 0.25) is 11.8 Å². The first kappa shape index (κ1) is 54.6. The molecule has 0 bridgehead atoms. The standard InChI is InChI=1S/C22H29N3O3S.C18H25BrN2O3.C10H16BNO2S/c1-14-19(29-13-23-14)16-11-9-15(10-12-16)18(24-21(27)28-22(2,3)4)20(26)25(5)17-7-6-8-17;1-18(2,3)24-17(23)20-15(12-8-10-13(19)11-9-12)16(22)21(4)14-6-5-7-14;1-7-8(15-6-12-7)11-13-9(2,3)10(4,5)14-11/h9-13,17-18H,6-8H2,1-5H3,(H,24,27);8-11,14-15H,5-7H2,1-4H3,(H,20,23);6H,1-5H3/t18-;15-;/m11./s1. The maximum absolute atomic E-state index is 13.2. The lowest BCUT2D eigenvalue weighted by Crippen LogP contribution is -2.48. The molecule has 0 spiro atoms. The number of thiazole rings is 2. The van der Waals surface area contributed by atoms with Crippen LogP contribution in [0.3, 0.4) is 0 Å². The lowest BCUT2D eigenvalue weighted by Gasteiger charge is -2.37. The molecule has 2 aromatic carbocycles. The van der Waals surface area contributed by atoms with Gasteiger partial charge in [-0.2, -0.15) is 0 Å². The van der Waals surface area contributed by atoms with Gasteiger partial charge in [-0.3, -0.25) is 14.6 Å². The first-order chi connectivity index (χ1) is 31.7. The second-order valence-corrected chi connectivity index (χ2v) is 23.2. The SMILES string of the molecule is CN(C(=O)[C@H](NC(=O)OC(C)(C)C)c1ccc(Br)cc1)C1CCC1.Cc1ncsc1-c1ccc([C@@H](NC(=O)OC(C)(C)C)C(=O)N(C)C2CCC2)cc1.Cc1ncsc1B1OC(C)(C)C(C)(C)O1. The van der Waals surface area contributed by atoms with Crippen molar-refractivity contribution in [1.29, 1.82) is 0 Å². The number of nitrogens with one attached hydrogen (secondary N) is 2. The van der Waals surface area contributed by atoms with Crippen LogP contribution in [0.2, 0.25) is 0 Å². The summed E-state index contributed by atoms with van der Waals surface area (Å²) in [4.78, 5) is 63.8. The number of alkyl carbamates (subject to hydrolysis) is 2. The molecule has 2 aliphatic carbocycles. The fraction of sp³-hybridized carbons (Fsp3) is 0.560. The van der Waals surface area contributed by atoms with Gasteiger partial charge in [0.05, 0.1) is 37.6 Å². The van der Waals surface area contributed by atoms with Crippen LogP contribution in [0.5, 0.6) is 0 Å². The number of hydrogen-bond acceptors (Lipinski definition) is 12. The van der Waals surface area contributed by atoms with Crippen molar-refractivity contribution in [2.45, 2.75) is 168 Å². The Kier molecular flexibility index (Phi) is 18.1. The monoisotopic (exact) mass is 1040 g/mol. The molecule has 2 saturated carbocycles. The summed E-state index contributed by atoms with van der Waals surface area (Å²) in [6, 6.07) is 14.1. The Hall–Kier alpha value is -4.36. The summed E-state index contributed by atoms with van der Waals surface area (Å²) in [5.74, 6) is -0.241. The van der Waals surface area contributed by atoms with Crippen LogP contribution in [-0.4, -0.2) is 99.5 Å². The summed E-state index contributed by atoms with van der Waals surface area (Å²) in [5.41, 5.74) is 6.36. The molecule has 2 atom stereocenters. The number of rotatable bonds is 10. The molecule has 4 aromatic rings. The average Bonchev–Trinajstić information content (AvgIpc) is 3.89. The zero-order valence-electron chi connectivity index (χ0n) is 42.2. The van der Waals surface area contributed by atoms with E-state index in [1.54, 1.807) is 81.1 Å². The van der Waals surface area contributed by atoms with E-state index in [0.29, 0.717) is 0 Å². The molecule has 3 heterocycles. The highest BCUT2D eigenvalue weighted by Crippen LogP contribution is 2.37. The Morgan fingerprint density at radius 2 is 1.09 bits per heavy atom. The van der Waals surface area contributed by atoms with Crippen LogP contribution >= 0.6 is 38.6 Å². The lowest BCUT2D eigenvalue weighted by atomic mass is 9.86. The molecule has 2 N–H and O–H groups in total. The van der Waals surface area contributed by atoms with E-state index in [1.807, 2.05) is 80.4 Å². The lowest BCUT2D eigenvalue weighted by molar-refractivity contribution is -0.136. The van der Waals surface area contributed by atoms with Crippen LogP contribution in [-0.2, 0) is 28.4 Å². The van der Waals surface area contributed by atoms with E-state index < -0.39 is 35.5 Å². The Labute approximate surface area is 419 Å². The number of aromatic nitrogens is 2. The summed E-state index contributed by atoms with van der Waals surface area (Å²) in [6.07, 6.45) is 5.13. The third-order valence-corrected chi connectivity index (χ3v) is 14.9. The van der Waals surface area contributed by atoms with E-state index in [2.05, 4.69) is 64.2 Å². The van der Waals surface area contributed by atoms with E-state index >= 15 is 0 Å². The number of benzene rings is 2. The Bertz CT molecular complexity index is 2320. The van der Waals surface area contributed by atoms with Gasteiger partial charge in [0, 0.05) is 36.3 Å². The molecular weight excluding hydrogens is 967 g/mol. The van der Waals surface area contributed by atoms with Gasteiger partial charge in [0.15, 0.2) is 0 Å². The van der Waals surface area contributed by atoms with Gasteiger partial charge in [-0.15, -0.1) is 22.7 Å². The van der Waals surface area contributed by atoms with Gasteiger partial charge in [-0.1, -0.05) is 52.3 Å². The highest BCUT2D eigenvalue weighted by Gasteiger charge is 2.52. The first-order valence-electron chi connectivity index (χ1n) is 23.2. The Morgan fingerprint density at radius 1 is 0.691 bits per heavy atom. The van der Waals surface area contributed by atoms with Gasteiger partial charge >= 0.3 is 19.3 Å². The number of amides is 4. The van der Waals surface area contributed by atoms with E-state index in [9.17, 15) is 19.2 Å². The minimum absolute atomic E-state index is 0.118. The predicted molar refractivity (Wildman–Crippen MR) is 274 cm³/mol. The van der Waals surface area contributed by atoms with Crippen molar-refractivity contribution in [3.8, 4) is 10.4 Å². The summed E-state index contributed by atoms with van der Waals surface area (Å²) in [6.45, 7) is 23.0. The van der Waals surface area contributed by atoms with Gasteiger partial charge in [-0.05, 0) is 150 Å². The Balaban J connectivity index is 0.000000200. The molecule has 370 valence electrons. The number of carbonyl (C=O) groups excluding carboxylic acids is 4. The van der Waals surface area contributed by atoms with Crippen molar-refractivity contribution in [1.82, 2.24) is 30.4 Å². The molecule has 3 aliphatic rings. The number of aryl methyl sites for hydroxylation is 2. The average molecular weight is 1040 g/mol. The molecule has 7 rings (SSSR count). The van der Waals surface area contributed by atoms with Crippen LogP contribution < -0.4 is 15.4 Å².